The second-order valence-electron chi connectivity index (χ2n) is 20.0. The van der Waals surface area contributed by atoms with Crippen LogP contribution in [0.2, 0.25) is 0 Å². The molecule has 0 bridgehead atoms. The monoisotopic (exact) mass is 632 g/mol. The van der Waals surface area contributed by atoms with Gasteiger partial charge in [0.2, 0.25) is 0 Å². The summed E-state index contributed by atoms with van der Waals surface area (Å²) in [5.41, 5.74) is 4.02. The molecule has 0 heterocycles. The van der Waals surface area contributed by atoms with E-state index >= 15 is 0 Å². The van der Waals surface area contributed by atoms with E-state index in [0.717, 1.165) is 50.4 Å². The van der Waals surface area contributed by atoms with Crippen molar-refractivity contribution in [1.29, 1.82) is 0 Å². The van der Waals surface area contributed by atoms with Crippen LogP contribution in [0.1, 0.15) is 145 Å². The molecular weight excluding hydrogens is 568 g/mol. The molecule has 8 aliphatic rings. The SMILES string of the molecule is CC12CCC(=O)C=C1CCC1C2C(O)CC2(C)C1CCC2(C)C.CC12CCC(=O)C=C1CCC1C2C(O)CC2(C)C1CCC2(C)C. The first-order valence-electron chi connectivity index (χ1n) is 19.2. The summed E-state index contributed by atoms with van der Waals surface area (Å²) in [7, 11) is 0. The third-order valence-corrected chi connectivity index (χ3v) is 17.8. The lowest BCUT2D eigenvalue weighted by molar-refractivity contribution is -0.143. The Balaban J connectivity index is 0.000000147. The summed E-state index contributed by atoms with van der Waals surface area (Å²) in [4.78, 5) is 23.8. The average molecular weight is 633 g/mol. The molecule has 6 fully saturated rings. The van der Waals surface area contributed by atoms with Gasteiger partial charge in [0.25, 0.3) is 0 Å². The Hall–Kier alpha value is -1.26. The maximum Gasteiger partial charge on any atom is 0.155 e. The fourth-order valence-corrected chi connectivity index (χ4v) is 14.3. The Morgan fingerprint density at radius 3 is 1.28 bits per heavy atom. The average Bonchev–Trinajstić information content (AvgIpc) is 3.35. The fraction of sp³-hybridized carbons (Fsp3) is 0.857. The van der Waals surface area contributed by atoms with Crippen LogP contribution in [0.25, 0.3) is 0 Å². The molecule has 0 saturated heterocycles. The number of hydrogen-bond donors (Lipinski definition) is 2. The highest BCUT2D eigenvalue weighted by molar-refractivity contribution is 5.92. The second-order valence-corrected chi connectivity index (χ2v) is 20.0. The maximum absolute atomic E-state index is 11.9. The summed E-state index contributed by atoms with van der Waals surface area (Å²) in [6, 6.07) is 0. The minimum Gasteiger partial charge on any atom is -0.393 e. The lowest BCUT2D eigenvalue weighted by Gasteiger charge is -2.61. The number of carbonyl (C=O) groups is 2. The van der Waals surface area contributed by atoms with Crippen LogP contribution in [-0.2, 0) is 9.59 Å². The Bertz CT molecular complexity index is 1250. The van der Waals surface area contributed by atoms with Gasteiger partial charge in [0.05, 0.1) is 12.2 Å². The molecule has 0 amide bonds. The Morgan fingerprint density at radius 2 is 0.913 bits per heavy atom. The van der Waals surface area contributed by atoms with Gasteiger partial charge in [-0.05, 0) is 157 Å². The van der Waals surface area contributed by atoms with Gasteiger partial charge in [-0.15, -0.1) is 0 Å². The van der Waals surface area contributed by atoms with E-state index in [0.29, 0.717) is 58.9 Å². The number of allylic oxidation sites excluding steroid dienone is 2. The van der Waals surface area contributed by atoms with Crippen molar-refractivity contribution in [3.8, 4) is 0 Å². The van der Waals surface area contributed by atoms with Crippen LogP contribution in [0.15, 0.2) is 23.3 Å². The van der Waals surface area contributed by atoms with Crippen molar-refractivity contribution >= 4 is 11.6 Å². The van der Waals surface area contributed by atoms with E-state index in [1.54, 1.807) is 0 Å². The van der Waals surface area contributed by atoms with Crippen molar-refractivity contribution in [1.82, 2.24) is 0 Å². The van der Waals surface area contributed by atoms with Gasteiger partial charge in [0.1, 0.15) is 0 Å². The topological polar surface area (TPSA) is 74.6 Å². The number of carbonyl (C=O) groups excluding carboxylic acids is 2. The third kappa shape index (κ3) is 4.49. The van der Waals surface area contributed by atoms with E-state index in [4.69, 9.17) is 0 Å². The van der Waals surface area contributed by atoms with Crippen LogP contribution in [0.5, 0.6) is 0 Å². The number of fused-ring (bicyclic) bond motifs is 10. The molecule has 4 nitrogen and oxygen atoms in total. The number of rotatable bonds is 0. The lowest BCUT2D eigenvalue weighted by atomic mass is 9.44. The zero-order valence-corrected chi connectivity index (χ0v) is 30.4. The van der Waals surface area contributed by atoms with Crippen LogP contribution in [0.3, 0.4) is 0 Å². The van der Waals surface area contributed by atoms with Gasteiger partial charge in [-0.2, -0.15) is 0 Å². The van der Waals surface area contributed by atoms with Gasteiger partial charge in [-0.25, -0.2) is 0 Å². The van der Waals surface area contributed by atoms with Crippen molar-refractivity contribution in [3.05, 3.63) is 23.3 Å². The number of ketones is 2. The van der Waals surface area contributed by atoms with E-state index in [1.807, 2.05) is 12.2 Å². The molecule has 0 radical (unpaired) electrons. The molecule has 46 heavy (non-hydrogen) atoms. The zero-order valence-electron chi connectivity index (χ0n) is 30.4. The molecule has 0 aromatic carbocycles. The quantitative estimate of drug-likeness (QED) is 0.279. The first-order valence-corrected chi connectivity index (χ1v) is 19.2. The van der Waals surface area contributed by atoms with E-state index in [-0.39, 0.29) is 33.9 Å². The standard InChI is InChI=1S/2C21H32O2/c2*1-19(2)9-8-16-15-6-5-13-11-14(22)7-10-20(13,3)18(15)17(23)12-21(16,19)4/h2*11,15-18,23H,5-10,12H2,1-4H3. The van der Waals surface area contributed by atoms with Gasteiger partial charge >= 0.3 is 0 Å². The first kappa shape index (κ1) is 33.2. The van der Waals surface area contributed by atoms with Crippen LogP contribution >= 0.6 is 0 Å². The highest BCUT2D eigenvalue weighted by Crippen LogP contribution is 2.71. The van der Waals surface area contributed by atoms with Gasteiger partial charge in [-0.1, -0.05) is 66.5 Å². The molecule has 256 valence electrons. The molecule has 12 unspecified atom stereocenters. The third-order valence-electron chi connectivity index (χ3n) is 17.8. The normalized spacial score (nSPS) is 51.5. The van der Waals surface area contributed by atoms with Crippen molar-refractivity contribution < 1.29 is 19.8 Å². The van der Waals surface area contributed by atoms with E-state index in [2.05, 4.69) is 55.4 Å². The zero-order chi connectivity index (χ0) is 33.2. The minimum absolute atomic E-state index is 0.0598. The summed E-state index contributed by atoms with van der Waals surface area (Å²) in [5, 5.41) is 22.4. The van der Waals surface area contributed by atoms with Gasteiger partial charge < -0.3 is 10.2 Å². The molecule has 0 aromatic rings. The van der Waals surface area contributed by atoms with E-state index < -0.39 is 0 Å². The predicted molar refractivity (Wildman–Crippen MR) is 184 cm³/mol. The van der Waals surface area contributed by atoms with Crippen molar-refractivity contribution in [3.63, 3.8) is 0 Å². The second kappa shape index (κ2) is 10.6. The molecular formula is C42H64O4. The van der Waals surface area contributed by atoms with E-state index in [9.17, 15) is 19.8 Å². The maximum atomic E-state index is 11.9. The largest absolute Gasteiger partial charge is 0.393 e. The summed E-state index contributed by atoms with van der Waals surface area (Å²) in [5.74, 6) is 4.11. The minimum atomic E-state index is -0.208. The summed E-state index contributed by atoms with van der Waals surface area (Å²) in [6.07, 6.45) is 18.3. The Labute approximate surface area is 279 Å². The van der Waals surface area contributed by atoms with E-state index in [1.165, 1.54) is 49.7 Å². The van der Waals surface area contributed by atoms with Gasteiger partial charge in [0, 0.05) is 12.8 Å². The van der Waals surface area contributed by atoms with Crippen molar-refractivity contribution in [2.75, 3.05) is 0 Å². The van der Waals surface area contributed by atoms with Crippen molar-refractivity contribution in [2.24, 2.45) is 68.0 Å². The summed E-state index contributed by atoms with van der Waals surface area (Å²) in [6.45, 7) is 19.2. The smallest absolute Gasteiger partial charge is 0.155 e. The molecule has 0 aliphatic heterocycles. The van der Waals surface area contributed by atoms with Crippen LogP contribution in [-0.4, -0.2) is 34.0 Å². The van der Waals surface area contributed by atoms with Crippen LogP contribution < -0.4 is 0 Å². The molecule has 12 atom stereocenters. The Kier molecular flexibility index (Phi) is 7.68. The molecule has 8 aliphatic carbocycles. The lowest BCUT2D eigenvalue weighted by Crippen LogP contribution is -2.57. The highest BCUT2D eigenvalue weighted by Gasteiger charge is 2.65. The highest BCUT2D eigenvalue weighted by atomic mass is 16.3. The number of aliphatic hydroxyl groups excluding tert-OH is 2. The molecule has 0 spiro atoms. The molecule has 0 aromatic heterocycles. The molecule has 8 rings (SSSR count). The predicted octanol–water partition coefficient (Wildman–Crippen LogP) is 9.03. The molecule has 2 N–H and O–H groups in total. The fourth-order valence-electron chi connectivity index (χ4n) is 14.3. The van der Waals surface area contributed by atoms with Crippen LogP contribution in [0.4, 0.5) is 0 Å². The van der Waals surface area contributed by atoms with Gasteiger partial charge in [0.15, 0.2) is 11.6 Å². The van der Waals surface area contributed by atoms with Crippen molar-refractivity contribution in [2.45, 2.75) is 157 Å². The molecule has 6 saturated carbocycles. The van der Waals surface area contributed by atoms with Crippen LogP contribution in [0, 0.1) is 68.0 Å². The number of aliphatic hydroxyl groups is 2. The van der Waals surface area contributed by atoms with Gasteiger partial charge in [-0.3, -0.25) is 9.59 Å². The Morgan fingerprint density at radius 1 is 0.543 bits per heavy atom. The summed E-state index contributed by atoms with van der Waals surface area (Å²) < 4.78 is 0. The summed E-state index contributed by atoms with van der Waals surface area (Å²) >= 11 is 0. The number of hydrogen-bond acceptors (Lipinski definition) is 4. The molecule has 4 heteroatoms. The first-order chi connectivity index (χ1) is 21.4.